The number of aromatic nitrogens is 1. The average molecular weight is 300 g/mol. The van der Waals surface area contributed by atoms with E-state index >= 15 is 0 Å². The Morgan fingerprint density at radius 1 is 1.27 bits per heavy atom. The summed E-state index contributed by atoms with van der Waals surface area (Å²) in [5.41, 5.74) is 2.93. The molecule has 0 spiro atoms. The van der Waals surface area contributed by atoms with Crippen molar-refractivity contribution in [3.05, 3.63) is 41.1 Å². The summed E-state index contributed by atoms with van der Waals surface area (Å²) in [7, 11) is 0. The molecule has 1 aromatic carbocycles. The Balaban J connectivity index is 2.35. The normalized spacial score (nSPS) is 12.0. The predicted molar refractivity (Wildman–Crippen MR) is 84.8 cm³/mol. The van der Waals surface area contributed by atoms with Gasteiger partial charge in [0.2, 0.25) is 0 Å². The van der Waals surface area contributed by atoms with Crippen LogP contribution in [-0.4, -0.2) is 29.5 Å². The number of amides is 1. The summed E-state index contributed by atoms with van der Waals surface area (Å²) < 4.78 is 5.27. The van der Waals surface area contributed by atoms with Crippen LogP contribution in [0.25, 0.3) is 10.9 Å². The summed E-state index contributed by atoms with van der Waals surface area (Å²) in [6.07, 6.45) is -0.833. The van der Waals surface area contributed by atoms with Crippen LogP contribution in [0.1, 0.15) is 35.5 Å². The highest BCUT2D eigenvalue weighted by atomic mass is 16.5. The van der Waals surface area contributed by atoms with Crippen molar-refractivity contribution in [2.24, 2.45) is 0 Å². The quantitative estimate of drug-likeness (QED) is 0.881. The Hall–Kier alpha value is -2.43. The minimum atomic E-state index is -0.833. The molecule has 22 heavy (non-hydrogen) atoms. The highest BCUT2D eigenvalue weighted by molar-refractivity contribution is 6.04. The van der Waals surface area contributed by atoms with Gasteiger partial charge in [-0.15, -0.1) is 0 Å². The predicted octanol–water partition coefficient (Wildman–Crippen LogP) is 2.53. The van der Waals surface area contributed by atoms with E-state index in [2.05, 4.69) is 10.3 Å². The molecule has 2 rings (SSSR count). The van der Waals surface area contributed by atoms with Crippen molar-refractivity contribution in [2.45, 2.75) is 33.8 Å². The first kappa shape index (κ1) is 15.9. The molecule has 1 heterocycles. The first-order valence-electron chi connectivity index (χ1n) is 7.29. The Labute approximate surface area is 129 Å². The van der Waals surface area contributed by atoms with E-state index in [0.29, 0.717) is 12.1 Å². The third-order valence-corrected chi connectivity index (χ3v) is 3.32. The van der Waals surface area contributed by atoms with E-state index in [0.717, 1.165) is 22.2 Å². The summed E-state index contributed by atoms with van der Waals surface area (Å²) in [5.74, 6) is -0.818. The largest absolute Gasteiger partial charge is 0.449 e. The summed E-state index contributed by atoms with van der Waals surface area (Å²) in [4.78, 5) is 28.5. The Bertz CT molecular complexity index is 725. The molecule has 0 aliphatic carbocycles. The molecular weight excluding hydrogens is 280 g/mol. The fourth-order valence-electron chi connectivity index (χ4n) is 2.24. The zero-order valence-corrected chi connectivity index (χ0v) is 13.3. The number of hydrogen-bond acceptors (Lipinski definition) is 4. The van der Waals surface area contributed by atoms with Crippen molar-refractivity contribution in [3.63, 3.8) is 0 Å². The fraction of sp³-hybridized carbons (Fsp3) is 0.353. The molecule has 0 radical (unpaired) electrons. The van der Waals surface area contributed by atoms with Crippen LogP contribution in [0.4, 0.5) is 0 Å². The van der Waals surface area contributed by atoms with Crippen LogP contribution in [0, 0.1) is 13.8 Å². The number of nitrogens with zero attached hydrogens (tertiary/aromatic N) is 1. The van der Waals surface area contributed by atoms with Gasteiger partial charge in [0.05, 0.1) is 11.1 Å². The summed E-state index contributed by atoms with van der Waals surface area (Å²) >= 11 is 0. The van der Waals surface area contributed by atoms with E-state index in [1.165, 1.54) is 0 Å². The Morgan fingerprint density at radius 2 is 2.00 bits per heavy atom. The lowest BCUT2D eigenvalue weighted by Gasteiger charge is -2.14. The smallest absolute Gasteiger partial charge is 0.339 e. The average Bonchev–Trinajstić information content (AvgIpc) is 2.47. The van der Waals surface area contributed by atoms with E-state index in [4.69, 9.17) is 4.74 Å². The molecule has 0 aliphatic heterocycles. The molecule has 0 aliphatic rings. The van der Waals surface area contributed by atoms with Gasteiger partial charge in [0.15, 0.2) is 6.10 Å². The lowest BCUT2D eigenvalue weighted by molar-refractivity contribution is -0.128. The monoisotopic (exact) mass is 300 g/mol. The molecule has 1 unspecified atom stereocenters. The number of benzene rings is 1. The molecule has 1 N–H and O–H groups in total. The number of carbonyl (C=O) groups is 2. The lowest BCUT2D eigenvalue weighted by atomic mass is 10.1. The number of hydrogen-bond donors (Lipinski definition) is 1. The Kier molecular flexibility index (Phi) is 4.75. The fourth-order valence-corrected chi connectivity index (χ4v) is 2.24. The topological polar surface area (TPSA) is 68.3 Å². The third kappa shape index (κ3) is 3.42. The highest BCUT2D eigenvalue weighted by Gasteiger charge is 2.20. The van der Waals surface area contributed by atoms with Crippen LogP contribution in [-0.2, 0) is 9.53 Å². The third-order valence-electron chi connectivity index (χ3n) is 3.32. The molecule has 116 valence electrons. The van der Waals surface area contributed by atoms with Gasteiger partial charge >= 0.3 is 5.97 Å². The van der Waals surface area contributed by atoms with Gasteiger partial charge in [-0.2, -0.15) is 0 Å². The standard InChI is InChI=1S/C17H20N2O3/c1-5-18-16(20)12(4)22-17(21)14-9-11(3)19-15-7-6-10(2)8-13(14)15/h6-9,12H,5H2,1-4H3,(H,18,20). The van der Waals surface area contributed by atoms with Gasteiger partial charge in [-0.25, -0.2) is 4.79 Å². The van der Waals surface area contributed by atoms with Gasteiger partial charge in [-0.05, 0) is 45.9 Å². The molecule has 5 nitrogen and oxygen atoms in total. The molecule has 0 bridgehead atoms. The number of pyridine rings is 1. The number of fused-ring (bicyclic) bond motifs is 1. The lowest BCUT2D eigenvalue weighted by Crippen LogP contribution is -2.35. The molecule has 5 heteroatoms. The number of aryl methyl sites for hydroxylation is 2. The van der Waals surface area contributed by atoms with E-state index in [1.807, 2.05) is 39.0 Å². The first-order chi connectivity index (χ1) is 10.4. The van der Waals surface area contributed by atoms with E-state index < -0.39 is 12.1 Å². The van der Waals surface area contributed by atoms with Gasteiger partial charge in [-0.3, -0.25) is 9.78 Å². The maximum Gasteiger partial charge on any atom is 0.339 e. The maximum atomic E-state index is 12.4. The molecule has 1 amide bonds. The molecular formula is C17H20N2O3. The molecule has 0 saturated heterocycles. The van der Waals surface area contributed by atoms with Crippen molar-refractivity contribution >= 4 is 22.8 Å². The minimum Gasteiger partial charge on any atom is -0.449 e. The molecule has 1 atom stereocenters. The van der Waals surface area contributed by atoms with Crippen molar-refractivity contribution < 1.29 is 14.3 Å². The number of likely N-dealkylation sites (N-methyl/N-ethyl adjacent to an activating group) is 1. The van der Waals surface area contributed by atoms with Gasteiger partial charge in [0, 0.05) is 17.6 Å². The van der Waals surface area contributed by atoms with Crippen molar-refractivity contribution in [3.8, 4) is 0 Å². The van der Waals surface area contributed by atoms with Crippen LogP contribution < -0.4 is 5.32 Å². The Morgan fingerprint density at radius 3 is 2.68 bits per heavy atom. The van der Waals surface area contributed by atoms with Crippen LogP contribution in [0.3, 0.4) is 0 Å². The van der Waals surface area contributed by atoms with Gasteiger partial charge in [0.25, 0.3) is 5.91 Å². The van der Waals surface area contributed by atoms with Crippen molar-refractivity contribution in [1.29, 1.82) is 0 Å². The van der Waals surface area contributed by atoms with E-state index in [1.54, 1.807) is 13.0 Å². The molecule has 2 aromatic rings. The number of carbonyl (C=O) groups excluding carboxylic acids is 2. The van der Waals surface area contributed by atoms with Crippen molar-refractivity contribution in [1.82, 2.24) is 10.3 Å². The van der Waals surface area contributed by atoms with Crippen molar-refractivity contribution in [2.75, 3.05) is 6.54 Å². The second-order valence-corrected chi connectivity index (χ2v) is 5.27. The number of rotatable bonds is 4. The second kappa shape index (κ2) is 6.56. The molecule has 1 aromatic heterocycles. The van der Waals surface area contributed by atoms with Crippen LogP contribution in [0.15, 0.2) is 24.3 Å². The minimum absolute atomic E-state index is 0.304. The zero-order chi connectivity index (χ0) is 16.3. The van der Waals surface area contributed by atoms with Crippen LogP contribution in [0.2, 0.25) is 0 Å². The SMILES string of the molecule is CCNC(=O)C(C)OC(=O)c1cc(C)nc2ccc(C)cc12. The molecule has 0 saturated carbocycles. The zero-order valence-electron chi connectivity index (χ0n) is 13.3. The first-order valence-corrected chi connectivity index (χ1v) is 7.29. The number of esters is 1. The van der Waals surface area contributed by atoms with E-state index in [9.17, 15) is 9.59 Å². The number of ether oxygens (including phenoxy) is 1. The summed E-state index contributed by atoms with van der Waals surface area (Å²) in [6.45, 7) is 7.64. The summed E-state index contributed by atoms with van der Waals surface area (Å²) in [6, 6.07) is 7.41. The highest BCUT2D eigenvalue weighted by Crippen LogP contribution is 2.21. The van der Waals surface area contributed by atoms with Crippen LogP contribution in [0.5, 0.6) is 0 Å². The van der Waals surface area contributed by atoms with E-state index in [-0.39, 0.29) is 5.91 Å². The maximum absolute atomic E-state index is 12.4. The molecule has 0 fully saturated rings. The second-order valence-electron chi connectivity index (χ2n) is 5.27. The number of nitrogens with one attached hydrogen (secondary N) is 1. The summed E-state index contributed by atoms with van der Waals surface area (Å²) in [5, 5.41) is 3.37. The van der Waals surface area contributed by atoms with Crippen LogP contribution >= 0.6 is 0 Å². The van der Waals surface area contributed by atoms with Gasteiger partial charge < -0.3 is 10.1 Å². The van der Waals surface area contributed by atoms with Gasteiger partial charge in [0.1, 0.15) is 0 Å². The van der Waals surface area contributed by atoms with Gasteiger partial charge in [-0.1, -0.05) is 11.6 Å².